The summed E-state index contributed by atoms with van der Waals surface area (Å²) in [4.78, 5) is 26.7. The van der Waals surface area contributed by atoms with Crippen molar-refractivity contribution in [1.82, 2.24) is 4.98 Å². The zero-order valence-corrected chi connectivity index (χ0v) is 12.3. The summed E-state index contributed by atoms with van der Waals surface area (Å²) < 4.78 is 0.611. The number of thiazole rings is 1. The first-order valence-electron chi connectivity index (χ1n) is 6.43. The highest BCUT2D eigenvalue weighted by Gasteiger charge is 2.13. The van der Waals surface area contributed by atoms with E-state index in [1.165, 1.54) is 24.3 Å². The Morgan fingerprint density at radius 3 is 2.87 bits per heavy atom. The van der Waals surface area contributed by atoms with Gasteiger partial charge in [-0.05, 0) is 24.3 Å². The maximum atomic E-state index is 12.2. The van der Waals surface area contributed by atoms with Crippen LogP contribution in [0, 0.1) is 21.4 Å². The van der Waals surface area contributed by atoms with Crippen molar-refractivity contribution in [3.63, 3.8) is 0 Å². The lowest BCUT2D eigenvalue weighted by atomic mass is 10.1. The summed E-state index contributed by atoms with van der Waals surface area (Å²) in [5.74, 6) is -0.393. The number of fused-ring (bicyclic) bond motifs is 1. The molecule has 3 rings (SSSR count). The second-order valence-electron chi connectivity index (χ2n) is 4.57. The number of nitrogens with one attached hydrogen (secondary N) is 1. The van der Waals surface area contributed by atoms with Crippen LogP contribution in [0.1, 0.15) is 15.9 Å². The molecule has 0 unspecified atom stereocenters. The molecule has 0 aliphatic heterocycles. The summed E-state index contributed by atoms with van der Waals surface area (Å²) in [6.07, 6.45) is 0. The molecule has 1 aromatic heterocycles. The van der Waals surface area contributed by atoms with Gasteiger partial charge in [-0.15, -0.1) is 0 Å². The number of benzene rings is 2. The zero-order chi connectivity index (χ0) is 16.4. The molecule has 0 radical (unpaired) electrons. The third-order valence-electron chi connectivity index (χ3n) is 3.06. The van der Waals surface area contributed by atoms with E-state index in [2.05, 4.69) is 10.3 Å². The maximum absolute atomic E-state index is 12.2. The first-order chi connectivity index (χ1) is 11.1. The summed E-state index contributed by atoms with van der Waals surface area (Å²) >= 11 is 1.15. The number of amides is 1. The van der Waals surface area contributed by atoms with Crippen molar-refractivity contribution in [2.75, 3.05) is 5.32 Å². The lowest BCUT2D eigenvalue weighted by Crippen LogP contribution is -2.11. The summed E-state index contributed by atoms with van der Waals surface area (Å²) in [6, 6.07) is 12.6. The Bertz CT molecular complexity index is 974. The average molecular weight is 324 g/mol. The van der Waals surface area contributed by atoms with Gasteiger partial charge in [-0.2, -0.15) is 5.26 Å². The molecule has 0 saturated carbocycles. The van der Waals surface area contributed by atoms with E-state index in [0.717, 1.165) is 11.3 Å². The van der Waals surface area contributed by atoms with Crippen LogP contribution in [-0.4, -0.2) is 15.8 Å². The van der Waals surface area contributed by atoms with Crippen LogP contribution in [0.25, 0.3) is 10.2 Å². The Hall–Kier alpha value is -3.31. The number of aromatic nitrogens is 1. The highest BCUT2D eigenvalue weighted by Crippen LogP contribution is 2.29. The van der Waals surface area contributed by atoms with Gasteiger partial charge in [0, 0.05) is 17.7 Å². The number of nitro groups is 1. The van der Waals surface area contributed by atoms with Crippen LogP contribution >= 0.6 is 11.3 Å². The highest BCUT2D eigenvalue weighted by atomic mass is 32.1. The molecule has 0 spiro atoms. The number of hydrogen-bond acceptors (Lipinski definition) is 6. The van der Waals surface area contributed by atoms with Crippen molar-refractivity contribution in [2.45, 2.75) is 0 Å². The van der Waals surface area contributed by atoms with Crippen molar-refractivity contribution in [1.29, 1.82) is 5.26 Å². The van der Waals surface area contributed by atoms with Crippen LogP contribution in [-0.2, 0) is 0 Å². The second kappa shape index (κ2) is 5.82. The molecule has 1 heterocycles. The topological polar surface area (TPSA) is 109 Å². The zero-order valence-electron chi connectivity index (χ0n) is 11.5. The normalized spacial score (nSPS) is 10.2. The minimum atomic E-state index is -0.481. The quantitative estimate of drug-likeness (QED) is 0.587. The predicted molar refractivity (Wildman–Crippen MR) is 85.4 cm³/mol. The number of nitro benzene ring substituents is 1. The van der Waals surface area contributed by atoms with Crippen LogP contribution < -0.4 is 5.32 Å². The van der Waals surface area contributed by atoms with E-state index in [4.69, 9.17) is 5.26 Å². The molecule has 112 valence electrons. The van der Waals surface area contributed by atoms with Gasteiger partial charge in [-0.1, -0.05) is 17.4 Å². The smallest absolute Gasteiger partial charge is 0.270 e. The SMILES string of the molecule is N#Cc1cccc(C(=O)Nc2nc3ccc([N+](=O)[O-])cc3s2)c1. The van der Waals surface area contributed by atoms with Gasteiger partial charge in [0.2, 0.25) is 0 Å². The van der Waals surface area contributed by atoms with Crippen molar-refractivity contribution in [2.24, 2.45) is 0 Å². The summed E-state index contributed by atoms with van der Waals surface area (Å²) in [7, 11) is 0. The number of hydrogen-bond donors (Lipinski definition) is 1. The second-order valence-corrected chi connectivity index (χ2v) is 5.61. The standard InChI is InChI=1S/C15H8N4O3S/c16-8-9-2-1-3-10(6-9)14(20)18-15-17-12-5-4-11(19(21)22)7-13(12)23-15/h1-7H,(H,17,18,20). The van der Waals surface area contributed by atoms with Gasteiger partial charge in [0.05, 0.1) is 26.8 Å². The minimum Gasteiger partial charge on any atom is -0.298 e. The third-order valence-corrected chi connectivity index (χ3v) is 3.99. The van der Waals surface area contributed by atoms with E-state index < -0.39 is 10.8 Å². The van der Waals surface area contributed by atoms with Crippen molar-refractivity contribution >= 4 is 38.3 Å². The van der Waals surface area contributed by atoms with Crippen molar-refractivity contribution in [3.8, 4) is 6.07 Å². The molecule has 23 heavy (non-hydrogen) atoms. The highest BCUT2D eigenvalue weighted by molar-refractivity contribution is 7.22. The molecule has 3 aromatic rings. The molecule has 0 bridgehead atoms. The summed E-state index contributed by atoms with van der Waals surface area (Å²) in [6.45, 7) is 0. The number of nitriles is 1. The van der Waals surface area contributed by atoms with E-state index in [1.54, 1.807) is 18.2 Å². The molecule has 0 saturated heterocycles. The fourth-order valence-electron chi connectivity index (χ4n) is 1.98. The Balaban J connectivity index is 1.87. The van der Waals surface area contributed by atoms with Gasteiger partial charge in [0.1, 0.15) is 0 Å². The Kier molecular flexibility index (Phi) is 3.70. The predicted octanol–water partition coefficient (Wildman–Crippen LogP) is 3.33. The Labute approximate surface area is 134 Å². The van der Waals surface area contributed by atoms with Crippen LogP contribution in [0.4, 0.5) is 10.8 Å². The monoisotopic (exact) mass is 324 g/mol. The largest absolute Gasteiger partial charge is 0.298 e. The molecule has 0 fully saturated rings. The third kappa shape index (κ3) is 3.00. The molecule has 1 N–H and O–H groups in total. The number of carbonyl (C=O) groups is 1. The molecule has 8 heteroatoms. The molecular formula is C15H8N4O3S. The molecule has 2 aromatic carbocycles. The number of anilines is 1. The lowest BCUT2D eigenvalue weighted by Gasteiger charge is -2.01. The number of carbonyl (C=O) groups excluding carboxylic acids is 1. The van der Waals surface area contributed by atoms with E-state index in [1.807, 2.05) is 6.07 Å². The summed E-state index contributed by atoms with van der Waals surface area (Å²) in [5, 5.41) is 22.6. The first kappa shape index (κ1) is 14.6. The average Bonchev–Trinajstić information content (AvgIpc) is 2.96. The van der Waals surface area contributed by atoms with Gasteiger partial charge < -0.3 is 0 Å². The molecule has 7 nitrogen and oxygen atoms in total. The molecule has 0 aliphatic carbocycles. The summed E-state index contributed by atoms with van der Waals surface area (Å²) in [5.41, 5.74) is 1.27. The minimum absolute atomic E-state index is 0.0271. The Morgan fingerprint density at radius 2 is 2.13 bits per heavy atom. The molecule has 0 aliphatic rings. The van der Waals surface area contributed by atoms with Crippen LogP contribution in [0.15, 0.2) is 42.5 Å². The fraction of sp³-hybridized carbons (Fsp3) is 0. The number of nitrogens with zero attached hydrogens (tertiary/aromatic N) is 3. The van der Waals surface area contributed by atoms with E-state index in [-0.39, 0.29) is 5.69 Å². The van der Waals surface area contributed by atoms with Crippen LogP contribution in [0.2, 0.25) is 0 Å². The van der Waals surface area contributed by atoms with E-state index in [0.29, 0.717) is 26.5 Å². The van der Waals surface area contributed by atoms with Gasteiger partial charge in [-0.3, -0.25) is 20.2 Å². The van der Waals surface area contributed by atoms with Crippen molar-refractivity contribution in [3.05, 3.63) is 63.7 Å². The molecular weight excluding hydrogens is 316 g/mol. The van der Waals surface area contributed by atoms with Crippen molar-refractivity contribution < 1.29 is 9.72 Å². The van der Waals surface area contributed by atoms with E-state index in [9.17, 15) is 14.9 Å². The van der Waals surface area contributed by atoms with Gasteiger partial charge in [0.15, 0.2) is 5.13 Å². The number of rotatable bonds is 3. The fourth-order valence-corrected chi connectivity index (χ4v) is 2.87. The molecule has 0 atom stereocenters. The van der Waals surface area contributed by atoms with Gasteiger partial charge in [0.25, 0.3) is 11.6 Å². The maximum Gasteiger partial charge on any atom is 0.270 e. The van der Waals surface area contributed by atoms with Gasteiger partial charge >= 0.3 is 0 Å². The number of non-ortho nitro benzene ring substituents is 1. The lowest BCUT2D eigenvalue weighted by molar-refractivity contribution is -0.384. The molecule has 1 amide bonds. The van der Waals surface area contributed by atoms with Gasteiger partial charge in [-0.25, -0.2) is 4.98 Å². The Morgan fingerprint density at radius 1 is 1.30 bits per heavy atom. The van der Waals surface area contributed by atoms with Crippen LogP contribution in [0.5, 0.6) is 0 Å². The first-order valence-corrected chi connectivity index (χ1v) is 7.25. The van der Waals surface area contributed by atoms with Crippen LogP contribution in [0.3, 0.4) is 0 Å². The van der Waals surface area contributed by atoms with E-state index >= 15 is 0 Å².